The molecule has 1 aromatic rings. The molecule has 0 saturated carbocycles. The molecule has 68 valence electrons. The Kier molecular flexibility index (Phi) is 2.81. The Hall–Kier alpha value is -0.900. The molecule has 0 aliphatic rings. The van der Waals surface area contributed by atoms with E-state index in [1.165, 1.54) is 0 Å². The van der Waals surface area contributed by atoms with Crippen LogP contribution in [0.4, 0.5) is 0 Å². The molecule has 2 N–H and O–H groups in total. The zero-order valence-electron chi connectivity index (χ0n) is 7.91. The number of rotatable bonds is 3. The molecule has 0 spiro atoms. The summed E-state index contributed by atoms with van der Waals surface area (Å²) in [6.07, 6.45) is 1.79. The van der Waals surface area contributed by atoms with Crippen LogP contribution in [0.2, 0.25) is 0 Å². The van der Waals surface area contributed by atoms with Crippen molar-refractivity contribution in [3.63, 3.8) is 0 Å². The van der Waals surface area contributed by atoms with Crippen molar-refractivity contribution in [2.75, 3.05) is 0 Å². The molecule has 0 bridgehead atoms. The fourth-order valence-corrected chi connectivity index (χ4v) is 1.11. The van der Waals surface area contributed by atoms with E-state index >= 15 is 0 Å². The predicted molar refractivity (Wildman–Crippen MR) is 47.7 cm³/mol. The summed E-state index contributed by atoms with van der Waals surface area (Å²) in [7, 11) is 1.90. The van der Waals surface area contributed by atoms with Gasteiger partial charge in [-0.2, -0.15) is 5.10 Å². The van der Waals surface area contributed by atoms with Crippen LogP contribution < -0.4 is 5.73 Å². The van der Waals surface area contributed by atoms with E-state index in [2.05, 4.69) is 17.0 Å². The molecule has 1 atom stereocenters. The van der Waals surface area contributed by atoms with E-state index in [1.54, 1.807) is 4.68 Å². The van der Waals surface area contributed by atoms with Crippen LogP contribution in [0.3, 0.4) is 0 Å². The van der Waals surface area contributed by atoms with Crippen LogP contribution >= 0.6 is 0 Å². The molecular weight excluding hydrogens is 152 g/mol. The Morgan fingerprint density at radius 1 is 1.58 bits per heavy atom. The number of aromatic nitrogens is 3. The van der Waals surface area contributed by atoms with Crippen LogP contribution in [-0.4, -0.2) is 20.8 Å². The van der Waals surface area contributed by atoms with E-state index in [4.69, 9.17) is 5.73 Å². The van der Waals surface area contributed by atoms with Gasteiger partial charge in [0.25, 0.3) is 0 Å². The van der Waals surface area contributed by atoms with Crippen molar-refractivity contribution in [2.24, 2.45) is 12.8 Å². The van der Waals surface area contributed by atoms with Gasteiger partial charge in [0.1, 0.15) is 11.6 Å². The summed E-state index contributed by atoms with van der Waals surface area (Å²) in [6, 6.07) is 0.201. The minimum absolute atomic E-state index is 0.201. The van der Waals surface area contributed by atoms with Crippen molar-refractivity contribution >= 4 is 0 Å². The van der Waals surface area contributed by atoms with E-state index in [0.29, 0.717) is 0 Å². The first-order chi connectivity index (χ1) is 5.63. The van der Waals surface area contributed by atoms with Crippen LogP contribution in [-0.2, 0) is 13.5 Å². The summed E-state index contributed by atoms with van der Waals surface area (Å²) in [6.45, 7) is 3.97. The Morgan fingerprint density at radius 3 is 2.67 bits per heavy atom. The summed E-state index contributed by atoms with van der Waals surface area (Å²) in [5.74, 6) is 1.79. The van der Waals surface area contributed by atoms with Crippen molar-refractivity contribution in [3.8, 4) is 0 Å². The lowest BCUT2D eigenvalue weighted by Gasteiger charge is -2.06. The van der Waals surface area contributed by atoms with Crippen molar-refractivity contribution in [1.82, 2.24) is 14.8 Å². The Bertz CT molecular complexity index is 254. The Labute approximate surface area is 72.8 Å². The maximum atomic E-state index is 5.80. The minimum Gasteiger partial charge on any atom is -0.327 e. The molecule has 1 heterocycles. The highest BCUT2D eigenvalue weighted by atomic mass is 15.3. The van der Waals surface area contributed by atoms with Gasteiger partial charge in [0.2, 0.25) is 0 Å². The molecule has 12 heavy (non-hydrogen) atoms. The standard InChI is InChI=1S/C8H16N4/c1-4-7(9)5-8-10-6(2)11-12(8)3/h7H,4-5,9H2,1-3H3. The van der Waals surface area contributed by atoms with Gasteiger partial charge in [-0.3, -0.25) is 4.68 Å². The van der Waals surface area contributed by atoms with Gasteiger partial charge in [-0.15, -0.1) is 0 Å². The fourth-order valence-electron chi connectivity index (χ4n) is 1.11. The summed E-state index contributed by atoms with van der Waals surface area (Å²) in [5, 5.41) is 4.15. The van der Waals surface area contributed by atoms with Crippen LogP contribution in [0.25, 0.3) is 0 Å². The average molecular weight is 168 g/mol. The zero-order valence-corrected chi connectivity index (χ0v) is 7.91. The average Bonchev–Trinajstić information content (AvgIpc) is 2.30. The van der Waals surface area contributed by atoms with Gasteiger partial charge in [-0.25, -0.2) is 4.98 Å². The fraction of sp³-hybridized carbons (Fsp3) is 0.750. The summed E-state index contributed by atoms with van der Waals surface area (Å²) in [5.41, 5.74) is 5.80. The number of hydrogen-bond donors (Lipinski definition) is 1. The number of hydrogen-bond acceptors (Lipinski definition) is 3. The molecule has 0 fully saturated rings. The lowest BCUT2D eigenvalue weighted by molar-refractivity contribution is 0.592. The lowest BCUT2D eigenvalue weighted by Crippen LogP contribution is -2.23. The van der Waals surface area contributed by atoms with Gasteiger partial charge < -0.3 is 5.73 Å². The van der Waals surface area contributed by atoms with Crippen molar-refractivity contribution in [2.45, 2.75) is 32.7 Å². The normalized spacial score (nSPS) is 13.3. The summed E-state index contributed by atoms with van der Waals surface area (Å²) >= 11 is 0. The highest BCUT2D eigenvalue weighted by Gasteiger charge is 2.07. The van der Waals surface area contributed by atoms with E-state index < -0.39 is 0 Å². The second-order valence-corrected chi connectivity index (χ2v) is 3.07. The van der Waals surface area contributed by atoms with Crippen LogP contribution in [0, 0.1) is 6.92 Å². The molecule has 0 saturated heterocycles. The third-order valence-corrected chi connectivity index (χ3v) is 1.93. The molecule has 4 heteroatoms. The second-order valence-electron chi connectivity index (χ2n) is 3.07. The summed E-state index contributed by atoms with van der Waals surface area (Å²) in [4.78, 5) is 4.27. The number of nitrogens with zero attached hydrogens (tertiary/aromatic N) is 3. The van der Waals surface area contributed by atoms with Gasteiger partial charge in [0.15, 0.2) is 0 Å². The van der Waals surface area contributed by atoms with Crippen LogP contribution in [0.1, 0.15) is 25.0 Å². The predicted octanol–water partition coefficient (Wildman–Crippen LogP) is 0.403. The molecule has 0 radical (unpaired) electrons. The maximum Gasteiger partial charge on any atom is 0.147 e. The quantitative estimate of drug-likeness (QED) is 0.711. The monoisotopic (exact) mass is 168 g/mol. The molecule has 0 aromatic carbocycles. The third-order valence-electron chi connectivity index (χ3n) is 1.93. The largest absolute Gasteiger partial charge is 0.327 e. The van der Waals surface area contributed by atoms with Crippen LogP contribution in [0.15, 0.2) is 0 Å². The molecule has 1 aromatic heterocycles. The first-order valence-corrected chi connectivity index (χ1v) is 4.25. The lowest BCUT2D eigenvalue weighted by atomic mass is 10.1. The van der Waals surface area contributed by atoms with E-state index in [-0.39, 0.29) is 6.04 Å². The molecular formula is C8H16N4. The van der Waals surface area contributed by atoms with E-state index in [9.17, 15) is 0 Å². The summed E-state index contributed by atoms with van der Waals surface area (Å²) < 4.78 is 1.80. The third kappa shape index (κ3) is 2.04. The minimum atomic E-state index is 0.201. The zero-order chi connectivity index (χ0) is 9.14. The molecule has 4 nitrogen and oxygen atoms in total. The molecule has 0 aliphatic carbocycles. The smallest absolute Gasteiger partial charge is 0.147 e. The number of aryl methyl sites for hydroxylation is 2. The van der Waals surface area contributed by atoms with Crippen molar-refractivity contribution in [3.05, 3.63) is 11.6 Å². The van der Waals surface area contributed by atoms with Gasteiger partial charge >= 0.3 is 0 Å². The van der Waals surface area contributed by atoms with E-state index in [0.717, 1.165) is 24.5 Å². The number of nitrogens with two attached hydrogens (primary N) is 1. The first kappa shape index (κ1) is 9.19. The molecule has 0 amide bonds. The van der Waals surface area contributed by atoms with Crippen LogP contribution in [0.5, 0.6) is 0 Å². The highest BCUT2D eigenvalue weighted by Crippen LogP contribution is 2.00. The van der Waals surface area contributed by atoms with E-state index in [1.807, 2.05) is 14.0 Å². The van der Waals surface area contributed by atoms with Gasteiger partial charge in [-0.1, -0.05) is 6.92 Å². The van der Waals surface area contributed by atoms with Gasteiger partial charge in [0.05, 0.1) is 0 Å². The SMILES string of the molecule is CCC(N)Cc1nc(C)nn1C. The second kappa shape index (κ2) is 3.67. The highest BCUT2D eigenvalue weighted by molar-refractivity contribution is 4.92. The molecule has 1 unspecified atom stereocenters. The Balaban J connectivity index is 2.68. The van der Waals surface area contributed by atoms with Crippen molar-refractivity contribution in [1.29, 1.82) is 0 Å². The topological polar surface area (TPSA) is 56.7 Å². The maximum absolute atomic E-state index is 5.80. The molecule has 0 aliphatic heterocycles. The molecule has 1 rings (SSSR count). The first-order valence-electron chi connectivity index (χ1n) is 4.25. The Morgan fingerprint density at radius 2 is 2.25 bits per heavy atom. The van der Waals surface area contributed by atoms with Gasteiger partial charge in [0, 0.05) is 19.5 Å². The van der Waals surface area contributed by atoms with Gasteiger partial charge in [-0.05, 0) is 13.3 Å². The van der Waals surface area contributed by atoms with Crippen molar-refractivity contribution < 1.29 is 0 Å².